The second-order valence-electron chi connectivity index (χ2n) is 7.04. The Kier molecular flexibility index (Phi) is 4.16. The number of aryl methyl sites for hydroxylation is 1. The van der Waals surface area contributed by atoms with E-state index in [0.717, 1.165) is 41.8 Å². The largest absolute Gasteiger partial charge is 0.321 e. The molecule has 0 aliphatic heterocycles. The van der Waals surface area contributed by atoms with Crippen molar-refractivity contribution in [1.29, 1.82) is 0 Å². The van der Waals surface area contributed by atoms with Gasteiger partial charge in [0, 0.05) is 29.6 Å². The van der Waals surface area contributed by atoms with Gasteiger partial charge in [-0.2, -0.15) is 5.10 Å². The van der Waals surface area contributed by atoms with Gasteiger partial charge in [-0.25, -0.2) is 9.36 Å². The molecule has 1 aliphatic carbocycles. The predicted molar refractivity (Wildman–Crippen MR) is 108 cm³/mol. The van der Waals surface area contributed by atoms with E-state index in [2.05, 4.69) is 25.9 Å². The lowest BCUT2D eigenvalue weighted by atomic mass is 10.1. The number of amides is 1. The van der Waals surface area contributed by atoms with Gasteiger partial charge in [-0.05, 0) is 54.0 Å². The number of carbonyl (C=O) groups is 1. The SMILES string of the molecule is Cn1nnnc1-c1cccc(NC(=O)c2nn(-c3ccccc3)c3c2CCC3)c1. The number of nitrogens with one attached hydrogen (secondary N) is 1. The lowest BCUT2D eigenvalue weighted by Gasteiger charge is -2.07. The number of para-hydroxylation sites is 1. The third-order valence-corrected chi connectivity index (χ3v) is 5.14. The van der Waals surface area contributed by atoms with Gasteiger partial charge in [0.2, 0.25) is 0 Å². The molecule has 2 aromatic heterocycles. The summed E-state index contributed by atoms with van der Waals surface area (Å²) in [5, 5.41) is 19.2. The number of hydrogen-bond donors (Lipinski definition) is 1. The maximum Gasteiger partial charge on any atom is 0.276 e. The first-order chi connectivity index (χ1) is 14.2. The Morgan fingerprint density at radius 2 is 1.93 bits per heavy atom. The second kappa shape index (κ2) is 6.97. The first-order valence-corrected chi connectivity index (χ1v) is 9.51. The van der Waals surface area contributed by atoms with E-state index in [1.165, 1.54) is 0 Å². The average Bonchev–Trinajstić information content (AvgIpc) is 3.45. The fourth-order valence-corrected chi connectivity index (χ4v) is 3.80. The molecule has 29 heavy (non-hydrogen) atoms. The molecule has 8 heteroatoms. The molecule has 1 amide bonds. The molecule has 0 atom stereocenters. The first-order valence-electron chi connectivity index (χ1n) is 9.51. The van der Waals surface area contributed by atoms with Crippen LogP contribution in [-0.4, -0.2) is 35.9 Å². The second-order valence-corrected chi connectivity index (χ2v) is 7.04. The molecule has 0 radical (unpaired) electrons. The fraction of sp³-hybridized carbons (Fsp3) is 0.190. The summed E-state index contributed by atoms with van der Waals surface area (Å²) in [6.07, 6.45) is 2.84. The molecule has 4 aromatic rings. The number of hydrogen-bond acceptors (Lipinski definition) is 5. The van der Waals surface area contributed by atoms with Crippen LogP contribution in [0.1, 0.15) is 28.2 Å². The number of carbonyl (C=O) groups excluding carboxylic acids is 1. The van der Waals surface area contributed by atoms with E-state index in [9.17, 15) is 4.79 Å². The van der Waals surface area contributed by atoms with Gasteiger partial charge in [0.05, 0.1) is 5.69 Å². The molecule has 0 saturated carbocycles. The first kappa shape index (κ1) is 17.3. The van der Waals surface area contributed by atoms with Gasteiger partial charge in [0.15, 0.2) is 11.5 Å². The fourth-order valence-electron chi connectivity index (χ4n) is 3.80. The molecule has 0 saturated heterocycles. The number of tetrazole rings is 1. The van der Waals surface area contributed by atoms with Crippen LogP contribution in [0, 0.1) is 0 Å². The molecular formula is C21H19N7O. The van der Waals surface area contributed by atoms with E-state index < -0.39 is 0 Å². The van der Waals surface area contributed by atoms with Crippen LogP contribution in [0.5, 0.6) is 0 Å². The normalized spacial score (nSPS) is 12.7. The third kappa shape index (κ3) is 3.08. The molecule has 2 heterocycles. The Hall–Kier alpha value is -3.81. The van der Waals surface area contributed by atoms with Gasteiger partial charge >= 0.3 is 0 Å². The molecule has 0 unspecified atom stereocenters. The van der Waals surface area contributed by atoms with Crippen LogP contribution in [0.3, 0.4) is 0 Å². The molecule has 8 nitrogen and oxygen atoms in total. The van der Waals surface area contributed by atoms with Gasteiger partial charge < -0.3 is 5.32 Å². The molecule has 0 bridgehead atoms. The van der Waals surface area contributed by atoms with Crippen molar-refractivity contribution < 1.29 is 4.79 Å². The topological polar surface area (TPSA) is 90.5 Å². The minimum Gasteiger partial charge on any atom is -0.321 e. The third-order valence-electron chi connectivity index (χ3n) is 5.14. The summed E-state index contributed by atoms with van der Waals surface area (Å²) in [6.45, 7) is 0. The Morgan fingerprint density at radius 3 is 2.72 bits per heavy atom. The minimum atomic E-state index is -0.203. The predicted octanol–water partition coefficient (Wildman–Crippen LogP) is 2.80. The summed E-state index contributed by atoms with van der Waals surface area (Å²) in [6, 6.07) is 17.4. The Balaban J connectivity index is 1.46. The number of nitrogens with zero attached hydrogens (tertiary/aromatic N) is 6. The van der Waals surface area contributed by atoms with Crippen LogP contribution in [0.25, 0.3) is 17.1 Å². The molecule has 1 aliphatic rings. The van der Waals surface area contributed by atoms with Crippen molar-refractivity contribution in [3.8, 4) is 17.1 Å². The van der Waals surface area contributed by atoms with Gasteiger partial charge in [0.1, 0.15) is 0 Å². The van der Waals surface area contributed by atoms with E-state index in [0.29, 0.717) is 17.2 Å². The van der Waals surface area contributed by atoms with E-state index in [4.69, 9.17) is 0 Å². The highest BCUT2D eigenvalue weighted by Gasteiger charge is 2.27. The Labute approximate surface area is 167 Å². The molecule has 144 valence electrons. The van der Waals surface area contributed by atoms with Crippen LogP contribution < -0.4 is 5.32 Å². The average molecular weight is 385 g/mol. The Bertz CT molecular complexity index is 1190. The van der Waals surface area contributed by atoms with Gasteiger partial charge in [-0.1, -0.05) is 30.3 Å². The van der Waals surface area contributed by atoms with Crippen LogP contribution in [0.15, 0.2) is 54.6 Å². The van der Waals surface area contributed by atoms with Crippen LogP contribution >= 0.6 is 0 Å². The summed E-state index contributed by atoms with van der Waals surface area (Å²) in [7, 11) is 1.78. The van der Waals surface area contributed by atoms with Gasteiger partial charge in [-0.15, -0.1) is 5.10 Å². The monoisotopic (exact) mass is 385 g/mol. The number of fused-ring (bicyclic) bond motifs is 1. The maximum atomic E-state index is 13.1. The highest BCUT2D eigenvalue weighted by Crippen LogP contribution is 2.28. The van der Waals surface area contributed by atoms with Crippen molar-refractivity contribution in [2.75, 3.05) is 5.32 Å². The number of aromatic nitrogens is 6. The van der Waals surface area contributed by atoms with Crippen LogP contribution in [0.4, 0.5) is 5.69 Å². The summed E-state index contributed by atoms with van der Waals surface area (Å²) in [5.41, 5.74) is 5.14. The highest BCUT2D eigenvalue weighted by molar-refractivity contribution is 6.04. The van der Waals surface area contributed by atoms with Crippen molar-refractivity contribution in [3.63, 3.8) is 0 Å². The molecule has 5 rings (SSSR count). The number of rotatable bonds is 4. The molecule has 0 fully saturated rings. The van der Waals surface area contributed by atoms with E-state index in [1.54, 1.807) is 11.7 Å². The zero-order chi connectivity index (χ0) is 19.8. The van der Waals surface area contributed by atoms with Crippen LogP contribution in [-0.2, 0) is 19.9 Å². The van der Waals surface area contributed by atoms with E-state index >= 15 is 0 Å². The Morgan fingerprint density at radius 1 is 1.07 bits per heavy atom. The molecule has 1 N–H and O–H groups in total. The highest BCUT2D eigenvalue weighted by atomic mass is 16.2. The zero-order valence-electron chi connectivity index (χ0n) is 15.9. The molecular weight excluding hydrogens is 366 g/mol. The van der Waals surface area contributed by atoms with E-state index in [1.807, 2.05) is 59.3 Å². The van der Waals surface area contributed by atoms with Crippen molar-refractivity contribution in [2.45, 2.75) is 19.3 Å². The standard InChI is InChI=1S/C21H19N7O/c1-27-20(23-25-26-27)14-7-5-8-15(13-14)22-21(29)19-17-11-6-12-18(17)28(24-19)16-9-3-2-4-10-16/h2-5,7-10,13H,6,11-12H2,1H3,(H,22,29). The van der Waals surface area contributed by atoms with Crippen LogP contribution in [0.2, 0.25) is 0 Å². The lowest BCUT2D eigenvalue weighted by Crippen LogP contribution is -2.15. The van der Waals surface area contributed by atoms with Gasteiger partial charge in [0.25, 0.3) is 5.91 Å². The zero-order valence-corrected chi connectivity index (χ0v) is 15.9. The quantitative estimate of drug-likeness (QED) is 0.583. The molecule has 0 spiro atoms. The van der Waals surface area contributed by atoms with Crippen molar-refractivity contribution >= 4 is 11.6 Å². The summed E-state index contributed by atoms with van der Waals surface area (Å²) >= 11 is 0. The smallest absolute Gasteiger partial charge is 0.276 e. The summed E-state index contributed by atoms with van der Waals surface area (Å²) in [5.74, 6) is 0.432. The number of anilines is 1. The summed E-state index contributed by atoms with van der Waals surface area (Å²) in [4.78, 5) is 13.1. The molecule has 2 aromatic carbocycles. The van der Waals surface area contributed by atoms with Crippen molar-refractivity contribution in [3.05, 3.63) is 71.5 Å². The number of benzene rings is 2. The summed E-state index contributed by atoms with van der Waals surface area (Å²) < 4.78 is 3.49. The van der Waals surface area contributed by atoms with Crippen molar-refractivity contribution in [2.24, 2.45) is 7.05 Å². The lowest BCUT2D eigenvalue weighted by molar-refractivity contribution is 0.102. The van der Waals surface area contributed by atoms with Gasteiger partial charge in [-0.3, -0.25) is 4.79 Å². The van der Waals surface area contributed by atoms with Crippen molar-refractivity contribution in [1.82, 2.24) is 30.0 Å². The maximum absolute atomic E-state index is 13.1. The van der Waals surface area contributed by atoms with E-state index in [-0.39, 0.29) is 5.91 Å². The minimum absolute atomic E-state index is 0.203.